The summed E-state index contributed by atoms with van der Waals surface area (Å²) in [6.07, 6.45) is 4.65. The number of sulfone groups is 1. The molecule has 0 N–H and O–H groups in total. The molecular formula is C12H23BrO2S. The maximum Gasteiger partial charge on any atom is 0.150 e. The molecule has 1 unspecified atom stereocenters. The molecule has 0 aromatic carbocycles. The van der Waals surface area contributed by atoms with Crippen LogP contribution in [0.2, 0.25) is 0 Å². The van der Waals surface area contributed by atoms with Crippen LogP contribution in [0.5, 0.6) is 0 Å². The summed E-state index contributed by atoms with van der Waals surface area (Å²) < 4.78 is 24.1. The Bertz CT molecular complexity index is 292. The lowest BCUT2D eigenvalue weighted by Gasteiger charge is -2.19. The molecule has 0 amide bonds. The molecule has 2 nitrogen and oxygen atoms in total. The van der Waals surface area contributed by atoms with Crippen molar-refractivity contribution in [1.82, 2.24) is 0 Å². The molecule has 1 fully saturated rings. The summed E-state index contributed by atoms with van der Waals surface area (Å²) in [6, 6.07) is 0. The van der Waals surface area contributed by atoms with Crippen molar-refractivity contribution in [2.75, 3.05) is 16.8 Å². The highest BCUT2D eigenvalue weighted by molar-refractivity contribution is 9.09. The van der Waals surface area contributed by atoms with Gasteiger partial charge >= 0.3 is 0 Å². The van der Waals surface area contributed by atoms with Gasteiger partial charge in [0, 0.05) is 5.33 Å². The minimum absolute atomic E-state index is 0.256. The fourth-order valence-electron chi connectivity index (χ4n) is 2.35. The fraction of sp³-hybridized carbons (Fsp3) is 1.00. The van der Waals surface area contributed by atoms with E-state index in [1.54, 1.807) is 0 Å². The summed E-state index contributed by atoms with van der Waals surface area (Å²) in [5, 5.41) is 0.786. The molecule has 4 heteroatoms. The molecule has 1 saturated carbocycles. The Hall–Kier alpha value is 0.430. The zero-order chi connectivity index (χ0) is 12.2. The van der Waals surface area contributed by atoms with Crippen LogP contribution >= 0.6 is 15.9 Å². The minimum Gasteiger partial charge on any atom is -0.229 e. The molecule has 1 atom stereocenters. The normalized spacial score (nSPS) is 20.5. The Morgan fingerprint density at radius 1 is 1.25 bits per heavy atom. The Morgan fingerprint density at radius 2 is 1.81 bits per heavy atom. The van der Waals surface area contributed by atoms with Crippen LogP contribution in [-0.4, -0.2) is 25.3 Å². The molecule has 1 aliphatic rings. The average molecular weight is 311 g/mol. The highest BCUT2D eigenvalue weighted by Crippen LogP contribution is 2.27. The van der Waals surface area contributed by atoms with E-state index in [0.29, 0.717) is 23.3 Å². The Morgan fingerprint density at radius 3 is 2.25 bits per heavy atom. The van der Waals surface area contributed by atoms with Gasteiger partial charge in [-0.1, -0.05) is 42.6 Å². The van der Waals surface area contributed by atoms with Crippen LogP contribution in [0.4, 0.5) is 0 Å². The van der Waals surface area contributed by atoms with Crippen LogP contribution in [0.25, 0.3) is 0 Å². The lowest BCUT2D eigenvalue weighted by Crippen LogP contribution is -2.26. The Labute approximate surface area is 108 Å². The van der Waals surface area contributed by atoms with Crippen molar-refractivity contribution in [2.24, 2.45) is 17.8 Å². The predicted molar refractivity (Wildman–Crippen MR) is 72.7 cm³/mol. The van der Waals surface area contributed by atoms with E-state index in [-0.39, 0.29) is 5.92 Å². The quantitative estimate of drug-likeness (QED) is 0.706. The molecule has 0 aromatic rings. The maximum atomic E-state index is 12.0. The smallest absolute Gasteiger partial charge is 0.150 e. The third kappa shape index (κ3) is 4.74. The first-order chi connectivity index (χ1) is 7.44. The molecule has 1 aliphatic carbocycles. The van der Waals surface area contributed by atoms with E-state index in [1.165, 1.54) is 12.8 Å². The van der Waals surface area contributed by atoms with Crippen LogP contribution in [0, 0.1) is 17.8 Å². The maximum absolute atomic E-state index is 12.0. The van der Waals surface area contributed by atoms with Gasteiger partial charge in [0.05, 0.1) is 11.5 Å². The van der Waals surface area contributed by atoms with E-state index >= 15 is 0 Å². The van der Waals surface area contributed by atoms with E-state index < -0.39 is 9.84 Å². The van der Waals surface area contributed by atoms with Gasteiger partial charge in [0.25, 0.3) is 0 Å². The van der Waals surface area contributed by atoms with Crippen molar-refractivity contribution < 1.29 is 8.42 Å². The number of hydrogen-bond donors (Lipinski definition) is 0. The first-order valence-corrected chi connectivity index (χ1v) is 9.15. The third-order valence-corrected chi connectivity index (χ3v) is 6.32. The van der Waals surface area contributed by atoms with Crippen LogP contribution in [0.3, 0.4) is 0 Å². The second-order valence-electron chi connectivity index (χ2n) is 5.39. The zero-order valence-electron chi connectivity index (χ0n) is 10.3. The zero-order valence-corrected chi connectivity index (χ0v) is 12.7. The van der Waals surface area contributed by atoms with Crippen molar-refractivity contribution in [3.05, 3.63) is 0 Å². The molecule has 0 bridgehead atoms. The topological polar surface area (TPSA) is 34.1 Å². The first-order valence-electron chi connectivity index (χ1n) is 6.21. The van der Waals surface area contributed by atoms with Gasteiger partial charge in [-0.3, -0.25) is 0 Å². The molecule has 16 heavy (non-hydrogen) atoms. The summed E-state index contributed by atoms with van der Waals surface area (Å²) in [5.41, 5.74) is 0. The predicted octanol–water partition coefficient (Wildman–Crippen LogP) is 3.26. The van der Waals surface area contributed by atoms with Crippen molar-refractivity contribution in [1.29, 1.82) is 0 Å². The summed E-state index contributed by atoms with van der Waals surface area (Å²) in [6.45, 7) is 4.19. The Balaban J connectivity index is 2.49. The van der Waals surface area contributed by atoms with E-state index in [2.05, 4.69) is 29.8 Å². The third-order valence-electron chi connectivity index (χ3n) is 3.57. The van der Waals surface area contributed by atoms with Crippen LogP contribution in [0.15, 0.2) is 0 Å². The molecule has 0 radical (unpaired) electrons. The number of hydrogen-bond acceptors (Lipinski definition) is 2. The second kappa shape index (κ2) is 6.39. The molecule has 0 heterocycles. The SMILES string of the molecule is CC(C)C(CBr)CS(=O)(=O)CC1CCCC1. The molecular weight excluding hydrogens is 288 g/mol. The lowest BCUT2D eigenvalue weighted by atomic mass is 10.0. The van der Waals surface area contributed by atoms with Gasteiger partial charge in [-0.05, 0) is 30.6 Å². The van der Waals surface area contributed by atoms with Crippen LogP contribution < -0.4 is 0 Å². The van der Waals surface area contributed by atoms with E-state index in [0.717, 1.165) is 18.2 Å². The fourth-order valence-corrected chi connectivity index (χ4v) is 5.97. The van der Waals surface area contributed by atoms with Crippen molar-refractivity contribution in [3.8, 4) is 0 Å². The van der Waals surface area contributed by atoms with Gasteiger partial charge in [-0.2, -0.15) is 0 Å². The number of rotatable bonds is 6. The largest absolute Gasteiger partial charge is 0.229 e. The molecule has 0 aromatic heterocycles. The monoisotopic (exact) mass is 310 g/mol. The van der Waals surface area contributed by atoms with E-state index in [1.807, 2.05) is 0 Å². The standard InChI is InChI=1S/C12H23BrO2S/c1-10(2)12(7-13)9-16(14,15)8-11-5-3-4-6-11/h10-12H,3-9H2,1-2H3. The minimum atomic E-state index is -2.85. The molecule has 0 saturated heterocycles. The highest BCUT2D eigenvalue weighted by Gasteiger charge is 2.26. The van der Waals surface area contributed by atoms with Gasteiger partial charge in [0.15, 0.2) is 9.84 Å². The highest BCUT2D eigenvalue weighted by atomic mass is 79.9. The first kappa shape index (κ1) is 14.5. The van der Waals surface area contributed by atoms with Crippen molar-refractivity contribution >= 4 is 25.8 Å². The molecule has 1 rings (SSSR count). The Kier molecular flexibility index (Phi) is 5.78. The van der Waals surface area contributed by atoms with Crippen molar-refractivity contribution in [2.45, 2.75) is 39.5 Å². The van der Waals surface area contributed by atoms with Gasteiger partial charge in [0.2, 0.25) is 0 Å². The average Bonchev–Trinajstić information content (AvgIpc) is 2.65. The van der Waals surface area contributed by atoms with Crippen LogP contribution in [-0.2, 0) is 9.84 Å². The number of alkyl halides is 1. The van der Waals surface area contributed by atoms with Gasteiger partial charge in [-0.15, -0.1) is 0 Å². The summed E-state index contributed by atoms with van der Waals surface area (Å²) in [4.78, 5) is 0. The summed E-state index contributed by atoms with van der Waals surface area (Å²) >= 11 is 3.42. The lowest BCUT2D eigenvalue weighted by molar-refractivity contribution is 0.458. The summed E-state index contributed by atoms with van der Waals surface area (Å²) in [7, 11) is -2.85. The van der Waals surface area contributed by atoms with E-state index in [4.69, 9.17) is 0 Å². The second-order valence-corrected chi connectivity index (χ2v) is 8.19. The van der Waals surface area contributed by atoms with Crippen molar-refractivity contribution in [3.63, 3.8) is 0 Å². The number of halogens is 1. The summed E-state index contributed by atoms with van der Waals surface area (Å²) in [5.74, 6) is 1.90. The van der Waals surface area contributed by atoms with Gasteiger partial charge in [0.1, 0.15) is 0 Å². The van der Waals surface area contributed by atoms with E-state index in [9.17, 15) is 8.42 Å². The van der Waals surface area contributed by atoms with Gasteiger partial charge < -0.3 is 0 Å². The molecule has 96 valence electrons. The van der Waals surface area contributed by atoms with Gasteiger partial charge in [-0.25, -0.2) is 8.42 Å². The molecule has 0 spiro atoms. The molecule has 0 aliphatic heterocycles. The van der Waals surface area contributed by atoms with Crippen LogP contribution in [0.1, 0.15) is 39.5 Å².